The van der Waals surface area contributed by atoms with Crippen LogP contribution in [0.3, 0.4) is 0 Å². The third-order valence-corrected chi connectivity index (χ3v) is 2.05. The summed E-state index contributed by atoms with van der Waals surface area (Å²) in [6.07, 6.45) is 0.711. The lowest BCUT2D eigenvalue weighted by molar-refractivity contribution is -0.145. The van der Waals surface area contributed by atoms with Crippen molar-refractivity contribution in [3.8, 4) is 0 Å². The molecule has 0 spiro atoms. The highest BCUT2D eigenvalue weighted by Gasteiger charge is 2.32. The third kappa shape index (κ3) is 2.33. The summed E-state index contributed by atoms with van der Waals surface area (Å²) in [6, 6.07) is -0.0147. The largest absolute Gasteiger partial charge is 0.468 e. The van der Waals surface area contributed by atoms with Crippen molar-refractivity contribution in [2.24, 2.45) is 5.73 Å². The summed E-state index contributed by atoms with van der Waals surface area (Å²) in [5.74, 6) is -0.180. The van der Waals surface area contributed by atoms with Gasteiger partial charge in [0.25, 0.3) is 0 Å². The van der Waals surface area contributed by atoms with E-state index in [2.05, 4.69) is 4.74 Å². The summed E-state index contributed by atoms with van der Waals surface area (Å²) < 4.78 is 4.62. The highest BCUT2D eigenvalue weighted by atomic mass is 35.5. The van der Waals surface area contributed by atoms with Crippen LogP contribution >= 0.6 is 12.4 Å². The third-order valence-electron chi connectivity index (χ3n) is 2.05. The van der Waals surface area contributed by atoms with Gasteiger partial charge in [0, 0.05) is 12.6 Å². The minimum absolute atomic E-state index is 0. The maximum Gasteiger partial charge on any atom is 0.323 e. The van der Waals surface area contributed by atoms with Crippen LogP contribution in [0.15, 0.2) is 0 Å². The Hall–Kier alpha value is -0.320. The van der Waals surface area contributed by atoms with E-state index in [0.29, 0.717) is 6.42 Å². The number of likely N-dealkylation sites (tertiary alicyclic amines) is 1. The molecule has 12 heavy (non-hydrogen) atoms. The van der Waals surface area contributed by atoms with Crippen molar-refractivity contribution in [3.63, 3.8) is 0 Å². The Labute approximate surface area is 78.5 Å². The Balaban J connectivity index is 0.00000121. The number of ether oxygens (including phenoxy) is 1. The standard InChI is InChI=1S/C7H14N2O2.ClH/c1-9-4-5(8)3-6(9)7(10)11-2;/h5-6H,3-4,8H2,1-2H3;1H. The second-order valence-electron chi connectivity index (χ2n) is 2.97. The molecule has 0 aromatic carbocycles. The van der Waals surface area contributed by atoms with E-state index >= 15 is 0 Å². The number of rotatable bonds is 1. The molecule has 1 aliphatic rings. The molecule has 2 unspecified atom stereocenters. The molecule has 1 fully saturated rings. The lowest BCUT2D eigenvalue weighted by atomic mass is 10.2. The van der Waals surface area contributed by atoms with Gasteiger partial charge in [0.05, 0.1) is 7.11 Å². The zero-order valence-electron chi connectivity index (χ0n) is 7.32. The van der Waals surface area contributed by atoms with E-state index in [9.17, 15) is 4.79 Å². The lowest BCUT2D eigenvalue weighted by Gasteiger charge is -2.15. The second kappa shape index (κ2) is 4.64. The second-order valence-corrected chi connectivity index (χ2v) is 2.97. The normalized spacial score (nSPS) is 29.6. The number of carbonyl (C=O) groups is 1. The molecule has 1 rings (SSSR count). The number of nitrogens with two attached hydrogens (primary N) is 1. The van der Waals surface area contributed by atoms with E-state index in [4.69, 9.17) is 5.73 Å². The highest BCUT2D eigenvalue weighted by Crippen LogP contribution is 2.14. The fourth-order valence-electron chi connectivity index (χ4n) is 1.45. The van der Waals surface area contributed by atoms with Gasteiger partial charge in [-0.1, -0.05) is 0 Å². The van der Waals surface area contributed by atoms with Crippen LogP contribution in [0.25, 0.3) is 0 Å². The monoisotopic (exact) mass is 194 g/mol. The number of carbonyl (C=O) groups excluding carboxylic acids is 1. The fraction of sp³-hybridized carbons (Fsp3) is 0.857. The van der Waals surface area contributed by atoms with Crippen LogP contribution < -0.4 is 5.73 Å². The van der Waals surface area contributed by atoms with E-state index in [0.717, 1.165) is 6.54 Å². The number of methoxy groups -OCH3 is 1. The van der Waals surface area contributed by atoms with Gasteiger partial charge in [0.1, 0.15) is 6.04 Å². The van der Waals surface area contributed by atoms with Crippen LogP contribution in [0.2, 0.25) is 0 Å². The first-order valence-corrected chi connectivity index (χ1v) is 3.68. The molecule has 0 bridgehead atoms. The van der Waals surface area contributed by atoms with Gasteiger partial charge in [-0.05, 0) is 13.5 Å². The molecule has 0 aromatic heterocycles. The Morgan fingerprint density at radius 2 is 2.25 bits per heavy atom. The van der Waals surface area contributed by atoms with Gasteiger partial charge < -0.3 is 10.5 Å². The SMILES string of the molecule is COC(=O)C1CC(N)CN1C.Cl. The molecule has 2 atom stereocenters. The first-order chi connectivity index (χ1) is 5.15. The first kappa shape index (κ1) is 11.7. The molecular weight excluding hydrogens is 180 g/mol. The molecule has 0 amide bonds. The average Bonchev–Trinajstić information content (AvgIpc) is 2.28. The van der Waals surface area contributed by atoms with E-state index in [1.165, 1.54) is 7.11 Å². The van der Waals surface area contributed by atoms with Gasteiger partial charge >= 0.3 is 5.97 Å². The van der Waals surface area contributed by atoms with Crippen LogP contribution in [-0.2, 0) is 9.53 Å². The maximum atomic E-state index is 11.1. The zero-order valence-corrected chi connectivity index (χ0v) is 8.13. The number of hydrogen-bond acceptors (Lipinski definition) is 4. The average molecular weight is 195 g/mol. The number of likely N-dealkylation sites (N-methyl/N-ethyl adjacent to an activating group) is 1. The van der Waals surface area contributed by atoms with Crippen LogP contribution in [0.5, 0.6) is 0 Å². The van der Waals surface area contributed by atoms with Crippen molar-refractivity contribution >= 4 is 18.4 Å². The smallest absolute Gasteiger partial charge is 0.323 e. The maximum absolute atomic E-state index is 11.1. The predicted molar refractivity (Wildman–Crippen MR) is 48.3 cm³/mol. The summed E-state index contributed by atoms with van der Waals surface area (Å²) >= 11 is 0. The van der Waals surface area contributed by atoms with Crippen molar-refractivity contribution in [1.29, 1.82) is 0 Å². The lowest BCUT2D eigenvalue weighted by Crippen LogP contribution is -2.33. The van der Waals surface area contributed by atoms with Gasteiger partial charge in [-0.15, -0.1) is 12.4 Å². The molecule has 4 nitrogen and oxygen atoms in total. The Kier molecular flexibility index (Phi) is 4.52. The van der Waals surface area contributed by atoms with Gasteiger partial charge in [-0.3, -0.25) is 9.69 Å². The molecule has 0 aliphatic carbocycles. The molecule has 0 saturated carbocycles. The Bertz CT molecular complexity index is 165. The summed E-state index contributed by atoms with van der Waals surface area (Å²) in [6.45, 7) is 0.778. The van der Waals surface area contributed by atoms with Gasteiger partial charge in [0.15, 0.2) is 0 Å². The summed E-state index contributed by atoms with van der Waals surface area (Å²) in [7, 11) is 3.29. The van der Waals surface area contributed by atoms with Gasteiger partial charge in [-0.25, -0.2) is 0 Å². The quantitative estimate of drug-likeness (QED) is 0.578. The molecule has 5 heteroatoms. The minimum Gasteiger partial charge on any atom is -0.468 e. The molecule has 1 saturated heterocycles. The van der Waals surface area contributed by atoms with Crippen molar-refractivity contribution in [2.45, 2.75) is 18.5 Å². The Morgan fingerprint density at radius 1 is 1.67 bits per heavy atom. The van der Waals surface area contributed by atoms with E-state index in [1.54, 1.807) is 0 Å². The number of esters is 1. The predicted octanol–water partition coefficient (Wildman–Crippen LogP) is -0.387. The highest BCUT2D eigenvalue weighted by molar-refractivity contribution is 5.85. The van der Waals surface area contributed by atoms with Gasteiger partial charge in [-0.2, -0.15) is 0 Å². The molecular formula is C7H15ClN2O2. The molecule has 1 aliphatic heterocycles. The van der Waals surface area contributed by atoms with Crippen LogP contribution in [-0.4, -0.2) is 43.7 Å². The van der Waals surface area contributed by atoms with Crippen molar-refractivity contribution < 1.29 is 9.53 Å². The first-order valence-electron chi connectivity index (χ1n) is 3.68. The summed E-state index contributed by atoms with van der Waals surface area (Å²) in [5, 5.41) is 0. The summed E-state index contributed by atoms with van der Waals surface area (Å²) in [5.41, 5.74) is 5.66. The van der Waals surface area contributed by atoms with E-state index in [-0.39, 0.29) is 30.5 Å². The molecule has 0 aromatic rings. The summed E-state index contributed by atoms with van der Waals surface area (Å²) in [4.78, 5) is 13.0. The van der Waals surface area contributed by atoms with Crippen LogP contribution in [0.1, 0.15) is 6.42 Å². The van der Waals surface area contributed by atoms with Crippen molar-refractivity contribution in [3.05, 3.63) is 0 Å². The minimum atomic E-state index is -0.180. The van der Waals surface area contributed by atoms with Crippen molar-refractivity contribution in [1.82, 2.24) is 4.90 Å². The van der Waals surface area contributed by atoms with E-state index in [1.807, 2.05) is 11.9 Å². The number of hydrogen-bond donors (Lipinski definition) is 1. The molecule has 2 N–H and O–H groups in total. The molecule has 72 valence electrons. The van der Waals surface area contributed by atoms with E-state index < -0.39 is 0 Å². The van der Waals surface area contributed by atoms with Gasteiger partial charge in [0.2, 0.25) is 0 Å². The molecule has 0 radical (unpaired) electrons. The topological polar surface area (TPSA) is 55.6 Å². The van der Waals surface area contributed by atoms with Crippen LogP contribution in [0, 0.1) is 0 Å². The fourth-order valence-corrected chi connectivity index (χ4v) is 1.45. The number of nitrogens with zero attached hydrogens (tertiary/aromatic N) is 1. The molecule has 1 heterocycles. The zero-order chi connectivity index (χ0) is 8.43. The number of halogens is 1. The van der Waals surface area contributed by atoms with Crippen molar-refractivity contribution in [2.75, 3.05) is 20.7 Å². The van der Waals surface area contributed by atoms with Crippen LogP contribution in [0.4, 0.5) is 0 Å². The Morgan fingerprint density at radius 3 is 2.58 bits per heavy atom.